The lowest BCUT2D eigenvalue weighted by Gasteiger charge is -2.09. The molecule has 0 spiro atoms. The molecule has 1 heterocycles. The van der Waals surface area contributed by atoms with Crippen molar-refractivity contribution in [3.8, 4) is 5.69 Å². The van der Waals surface area contributed by atoms with Crippen LogP contribution in [-0.4, -0.2) is 15.6 Å². The van der Waals surface area contributed by atoms with Crippen molar-refractivity contribution in [3.05, 3.63) is 95.7 Å². The molecule has 0 atom stereocenters. The summed E-state index contributed by atoms with van der Waals surface area (Å²) in [7, 11) is 0. The highest BCUT2D eigenvalue weighted by Crippen LogP contribution is 2.42. The summed E-state index contributed by atoms with van der Waals surface area (Å²) in [5.41, 5.74) is 6.44. The van der Waals surface area contributed by atoms with Gasteiger partial charge in [-0.15, -0.1) is 0 Å². The van der Waals surface area contributed by atoms with Crippen molar-refractivity contribution in [2.75, 3.05) is 0 Å². The third-order valence-corrected chi connectivity index (χ3v) is 6.45. The summed E-state index contributed by atoms with van der Waals surface area (Å²) < 4.78 is 2.30. The maximum atomic E-state index is 11.4. The first-order chi connectivity index (χ1) is 14.1. The number of hydrogen-bond donors (Lipinski definition) is 1. The molecule has 4 aromatic rings. The predicted octanol–water partition coefficient (Wildman–Crippen LogP) is 6.58. The van der Waals surface area contributed by atoms with Gasteiger partial charge in [-0.3, -0.25) is 0 Å². The minimum absolute atomic E-state index is 0.308. The fraction of sp³-hybridized carbons (Fsp3) is 0.0800. The molecule has 142 valence electrons. The number of aromatic nitrogens is 1. The molecule has 4 heteroatoms. The maximum absolute atomic E-state index is 11.4. The van der Waals surface area contributed by atoms with E-state index < -0.39 is 5.97 Å². The van der Waals surface area contributed by atoms with E-state index in [1.165, 1.54) is 22.0 Å². The van der Waals surface area contributed by atoms with E-state index in [0.717, 1.165) is 27.6 Å². The lowest BCUT2D eigenvalue weighted by atomic mass is 10.1. The third kappa shape index (κ3) is 3.26. The normalized spacial score (nSPS) is 12.8. The molecule has 1 N–H and O–H groups in total. The Bertz CT molecular complexity index is 1290. The average Bonchev–Trinajstić information content (AvgIpc) is 3.55. The summed E-state index contributed by atoms with van der Waals surface area (Å²) in [5.74, 6) is -0.904. The number of para-hydroxylation sites is 1. The molecule has 5 rings (SSSR count). The first-order valence-electron chi connectivity index (χ1n) is 9.53. The van der Waals surface area contributed by atoms with E-state index in [9.17, 15) is 9.90 Å². The van der Waals surface area contributed by atoms with Gasteiger partial charge < -0.3 is 9.67 Å². The Morgan fingerprint density at radius 2 is 1.79 bits per heavy atom. The number of rotatable bonds is 5. The van der Waals surface area contributed by atoms with Crippen molar-refractivity contribution in [1.29, 1.82) is 0 Å². The SMILES string of the molecule is Cc1c(Sc2cccc(C(=O)O)c2)c2ccc(C3=CC3)cc2n1-c1ccccc1. The zero-order valence-electron chi connectivity index (χ0n) is 15.9. The summed E-state index contributed by atoms with van der Waals surface area (Å²) in [6.07, 6.45) is 3.32. The van der Waals surface area contributed by atoms with Gasteiger partial charge in [-0.1, -0.05) is 54.2 Å². The van der Waals surface area contributed by atoms with Crippen LogP contribution in [0, 0.1) is 6.92 Å². The van der Waals surface area contributed by atoms with E-state index in [1.807, 2.05) is 12.1 Å². The molecule has 29 heavy (non-hydrogen) atoms. The molecule has 1 aliphatic carbocycles. The van der Waals surface area contributed by atoms with E-state index in [-0.39, 0.29) is 0 Å². The summed E-state index contributed by atoms with van der Waals surface area (Å²) in [4.78, 5) is 13.4. The molecule has 0 bridgehead atoms. The Hall–Kier alpha value is -3.24. The molecule has 0 radical (unpaired) electrons. The molecule has 0 aliphatic heterocycles. The molecular weight excluding hydrogens is 378 g/mol. The molecule has 0 saturated carbocycles. The second kappa shape index (κ2) is 6.98. The van der Waals surface area contributed by atoms with Crippen LogP contribution in [0.3, 0.4) is 0 Å². The van der Waals surface area contributed by atoms with Gasteiger partial charge in [-0.05, 0) is 60.9 Å². The van der Waals surface area contributed by atoms with E-state index in [0.29, 0.717) is 5.56 Å². The van der Waals surface area contributed by atoms with Gasteiger partial charge >= 0.3 is 5.97 Å². The van der Waals surface area contributed by atoms with Crippen molar-refractivity contribution < 1.29 is 9.90 Å². The average molecular weight is 397 g/mol. The van der Waals surface area contributed by atoms with Gasteiger partial charge in [-0.2, -0.15) is 0 Å². The molecule has 1 aliphatic rings. The Labute approximate surface area is 173 Å². The molecule has 3 nitrogen and oxygen atoms in total. The number of benzene rings is 3. The second-order valence-electron chi connectivity index (χ2n) is 7.19. The number of nitrogens with zero attached hydrogens (tertiary/aromatic N) is 1. The van der Waals surface area contributed by atoms with Gasteiger partial charge in [0, 0.05) is 26.6 Å². The van der Waals surface area contributed by atoms with Crippen LogP contribution in [-0.2, 0) is 0 Å². The molecule has 0 unspecified atom stereocenters. The number of carboxylic acid groups (broad SMARTS) is 1. The van der Waals surface area contributed by atoms with E-state index >= 15 is 0 Å². The molecule has 1 aromatic heterocycles. The van der Waals surface area contributed by atoms with Crippen molar-refractivity contribution >= 4 is 34.2 Å². The van der Waals surface area contributed by atoms with Gasteiger partial charge in [0.1, 0.15) is 0 Å². The zero-order chi connectivity index (χ0) is 20.0. The Balaban J connectivity index is 1.69. The Kier molecular flexibility index (Phi) is 4.29. The van der Waals surface area contributed by atoms with Crippen molar-refractivity contribution in [3.63, 3.8) is 0 Å². The van der Waals surface area contributed by atoms with Gasteiger partial charge in [0.2, 0.25) is 0 Å². The summed E-state index contributed by atoms with van der Waals surface area (Å²) in [6, 6.07) is 24.2. The lowest BCUT2D eigenvalue weighted by Crippen LogP contribution is -1.96. The predicted molar refractivity (Wildman–Crippen MR) is 118 cm³/mol. The van der Waals surface area contributed by atoms with Crippen LogP contribution >= 0.6 is 11.8 Å². The van der Waals surface area contributed by atoms with Crippen LogP contribution in [0.4, 0.5) is 0 Å². The van der Waals surface area contributed by atoms with Gasteiger partial charge in [-0.25, -0.2) is 4.79 Å². The first kappa shape index (κ1) is 17.8. The highest BCUT2D eigenvalue weighted by molar-refractivity contribution is 7.99. The number of hydrogen-bond acceptors (Lipinski definition) is 2. The maximum Gasteiger partial charge on any atom is 0.335 e. The quantitative estimate of drug-likeness (QED) is 0.414. The fourth-order valence-electron chi connectivity index (χ4n) is 3.72. The fourth-order valence-corrected chi connectivity index (χ4v) is 4.81. The van der Waals surface area contributed by atoms with Gasteiger partial charge in [0.05, 0.1) is 11.1 Å². The first-order valence-corrected chi connectivity index (χ1v) is 10.3. The number of carbonyl (C=O) groups is 1. The second-order valence-corrected chi connectivity index (χ2v) is 8.27. The van der Waals surface area contributed by atoms with Crippen LogP contribution in [0.5, 0.6) is 0 Å². The number of fused-ring (bicyclic) bond motifs is 1. The summed E-state index contributed by atoms with van der Waals surface area (Å²) >= 11 is 1.62. The molecular formula is C25H19NO2S. The number of carboxylic acids is 1. The van der Waals surface area contributed by atoms with Crippen LogP contribution in [0.1, 0.15) is 28.0 Å². The van der Waals surface area contributed by atoms with Crippen LogP contribution in [0.15, 0.2) is 88.7 Å². The minimum atomic E-state index is -0.904. The minimum Gasteiger partial charge on any atom is -0.478 e. The van der Waals surface area contributed by atoms with Crippen molar-refractivity contribution in [2.24, 2.45) is 0 Å². The topological polar surface area (TPSA) is 42.2 Å². The smallest absolute Gasteiger partial charge is 0.335 e. The van der Waals surface area contributed by atoms with E-state index in [4.69, 9.17) is 0 Å². The monoisotopic (exact) mass is 397 g/mol. The highest BCUT2D eigenvalue weighted by Gasteiger charge is 2.19. The highest BCUT2D eigenvalue weighted by atomic mass is 32.2. The molecule has 0 fully saturated rings. The molecule has 0 saturated heterocycles. The van der Waals surface area contributed by atoms with Crippen molar-refractivity contribution in [1.82, 2.24) is 4.57 Å². The zero-order valence-corrected chi connectivity index (χ0v) is 16.7. The molecule has 3 aromatic carbocycles. The number of aromatic carboxylic acids is 1. The summed E-state index contributed by atoms with van der Waals surface area (Å²) in [6.45, 7) is 2.13. The Morgan fingerprint density at radius 1 is 1.00 bits per heavy atom. The lowest BCUT2D eigenvalue weighted by molar-refractivity contribution is 0.0696. The van der Waals surface area contributed by atoms with Crippen LogP contribution in [0.25, 0.3) is 22.2 Å². The largest absolute Gasteiger partial charge is 0.478 e. The van der Waals surface area contributed by atoms with Crippen molar-refractivity contribution in [2.45, 2.75) is 23.1 Å². The van der Waals surface area contributed by atoms with Crippen LogP contribution < -0.4 is 0 Å². The third-order valence-electron chi connectivity index (χ3n) is 5.24. The van der Waals surface area contributed by atoms with E-state index in [1.54, 1.807) is 30.0 Å². The standard InChI is InChI=1S/C25H19NO2S/c1-16-24(29-21-9-5-6-19(14-21)25(27)28)22-13-12-18(17-10-11-17)15-23(22)26(16)20-7-3-2-4-8-20/h2-10,12-15H,11H2,1H3,(H,27,28). The Morgan fingerprint density at radius 3 is 2.52 bits per heavy atom. The van der Waals surface area contributed by atoms with Gasteiger partial charge in [0.15, 0.2) is 0 Å². The van der Waals surface area contributed by atoms with E-state index in [2.05, 4.69) is 60.0 Å². The van der Waals surface area contributed by atoms with Crippen LogP contribution in [0.2, 0.25) is 0 Å². The number of allylic oxidation sites excluding steroid dienone is 2. The summed E-state index contributed by atoms with van der Waals surface area (Å²) in [5, 5.41) is 10.5. The van der Waals surface area contributed by atoms with Gasteiger partial charge in [0.25, 0.3) is 0 Å². The molecule has 0 amide bonds.